The van der Waals surface area contributed by atoms with Crippen molar-refractivity contribution in [3.63, 3.8) is 0 Å². The lowest BCUT2D eigenvalue weighted by Crippen LogP contribution is -2.43. The number of carboxylic acid groups (broad SMARTS) is 1. The molecule has 1 unspecified atom stereocenters. The Morgan fingerprint density at radius 3 is 2.31 bits per heavy atom. The zero-order chi connectivity index (χ0) is 12.7. The SMILES string of the molecule is CCC(N)CC(=O)N[C@H](CC(C)C)C(=O)O. The van der Waals surface area contributed by atoms with Crippen molar-refractivity contribution in [3.05, 3.63) is 0 Å². The van der Waals surface area contributed by atoms with Crippen LogP contribution in [0.2, 0.25) is 0 Å². The fourth-order valence-corrected chi connectivity index (χ4v) is 1.33. The highest BCUT2D eigenvalue weighted by molar-refractivity contribution is 5.83. The van der Waals surface area contributed by atoms with Gasteiger partial charge in [0.1, 0.15) is 6.04 Å². The molecule has 0 heterocycles. The van der Waals surface area contributed by atoms with Crippen LogP contribution in [0.15, 0.2) is 0 Å². The number of hydrogen-bond donors (Lipinski definition) is 3. The number of nitrogens with one attached hydrogen (secondary N) is 1. The number of nitrogens with two attached hydrogens (primary N) is 1. The molecule has 0 aliphatic heterocycles. The normalized spacial score (nSPS) is 14.6. The molecule has 0 aliphatic carbocycles. The third-order valence-corrected chi connectivity index (χ3v) is 2.31. The molecule has 16 heavy (non-hydrogen) atoms. The fourth-order valence-electron chi connectivity index (χ4n) is 1.33. The molecule has 0 rings (SSSR count). The summed E-state index contributed by atoms with van der Waals surface area (Å²) < 4.78 is 0. The summed E-state index contributed by atoms with van der Waals surface area (Å²) in [5, 5.41) is 11.4. The largest absolute Gasteiger partial charge is 0.480 e. The van der Waals surface area contributed by atoms with Gasteiger partial charge in [0, 0.05) is 12.5 Å². The smallest absolute Gasteiger partial charge is 0.326 e. The highest BCUT2D eigenvalue weighted by Crippen LogP contribution is 2.05. The number of carboxylic acids is 1. The van der Waals surface area contributed by atoms with E-state index in [4.69, 9.17) is 10.8 Å². The molecule has 1 amide bonds. The summed E-state index contributed by atoms with van der Waals surface area (Å²) in [7, 11) is 0. The van der Waals surface area contributed by atoms with Gasteiger partial charge in [0.05, 0.1) is 0 Å². The van der Waals surface area contributed by atoms with E-state index >= 15 is 0 Å². The Hall–Kier alpha value is -1.10. The van der Waals surface area contributed by atoms with Crippen LogP contribution < -0.4 is 11.1 Å². The van der Waals surface area contributed by atoms with Crippen LogP contribution in [-0.2, 0) is 9.59 Å². The topological polar surface area (TPSA) is 92.4 Å². The monoisotopic (exact) mass is 230 g/mol. The molecular weight excluding hydrogens is 208 g/mol. The number of carbonyl (C=O) groups excluding carboxylic acids is 1. The maximum Gasteiger partial charge on any atom is 0.326 e. The number of rotatable bonds is 7. The first-order valence-electron chi connectivity index (χ1n) is 5.64. The standard InChI is InChI=1S/C11H22N2O3/c1-4-8(12)6-10(14)13-9(11(15)16)5-7(2)3/h7-9H,4-6,12H2,1-3H3,(H,13,14)(H,15,16)/t8?,9-/m1/s1. The van der Waals surface area contributed by atoms with Gasteiger partial charge < -0.3 is 16.2 Å². The molecule has 0 aromatic heterocycles. The van der Waals surface area contributed by atoms with E-state index in [1.165, 1.54) is 0 Å². The van der Waals surface area contributed by atoms with Gasteiger partial charge in [-0.3, -0.25) is 4.79 Å². The van der Waals surface area contributed by atoms with Crippen molar-refractivity contribution in [2.45, 2.75) is 52.1 Å². The summed E-state index contributed by atoms with van der Waals surface area (Å²) in [5.41, 5.74) is 5.62. The molecule has 4 N–H and O–H groups in total. The average Bonchev–Trinajstić information content (AvgIpc) is 2.15. The third kappa shape index (κ3) is 6.40. The van der Waals surface area contributed by atoms with Gasteiger partial charge in [-0.1, -0.05) is 20.8 Å². The van der Waals surface area contributed by atoms with Crippen molar-refractivity contribution in [1.29, 1.82) is 0 Å². The van der Waals surface area contributed by atoms with Crippen molar-refractivity contribution in [2.75, 3.05) is 0 Å². The van der Waals surface area contributed by atoms with Crippen LogP contribution in [0.5, 0.6) is 0 Å². The minimum atomic E-state index is -0.993. The molecule has 2 atom stereocenters. The maximum atomic E-state index is 11.5. The predicted molar refractivity (Wildman–Crippen MR) is 61.9 cm³/mol. The van der Waals surface area contributed by atoms with Crippen molar-refractivity contribution in [2.24, 2.45) is 11.7 Å². The molecule has 0 aliphatic rings. The van der Waals surface area contributed by atoms with Gasteiger partial charge >= 0.3 is 5.97 Å². The van der Waals surface area contributed by atoms with Crippen LogP contribution in [0.1, 0.15) is 40.0 Å². The van der Waals surface area contributed by atoms with Gasteiger partial charge in [-0.15, -0.1) is 0 Å². The lowest BCUT2D eigenvalue weighted by molar-refractivity contribution is -0.142. The zero-order valence-corrected chi connectivity index (χ0v) is 10.2. The first kappa shape index (κ1) is 14.9. The molecular formula is C11H22N2O3. The van der Waals surface area contributed by atoms with Crippen molar-refractivity contribution >= 4 is 11.9 Å². The van der Waals surface area contributed by atoms with Crippen molar-refractivity contribution in [3.8, 4) is 0 Å². The number of carbonyl (C=O) groups is 2. The maximum absolute atomic E-state index is 11.5. The molecule has 0 saturated heterocycles. The summed E-state index contributed by atoms with van der Waals surface area (Å²) in [6.45, 7) is 5.72. The molecule has 0 fully saturated rings. The second-order valence-electron chi connectivity index (χ2n) is 4.46. The van der Waals surface area contributed by atoms with E-state index in [0.29, 0.717) is 12.8 Å². The Morgan fingerprint density at radius 2 is 1.94 bits per heavy atom. The van der Waals surface area contributed by atoms with Crippen LogP contribution in [-0.4, -0.2) is 29.1 Å². The van der Waals surface area contributed by atoms with Gasteiger partial charge in [-0.2, -0.15) is 0 Å². The Morgan fingerprint density at radius 1 is 1.38 bits per heavy atom. The summed E-state index contributed by atoms with van der Waals surface area (Å²) in [5.74, 6) is -1.06. The van der Waals surface area contributed by atoms with E-state index in [0.717, 1.165) is 0 Å². The van der Waals surface area contributed by atoms with Crippen molar-refractivity contribution in [1.82, 2.24) is 5.32 Å². The van der Waals surface area contributed by atoms with Crippen LogP contribution >= 0.6 is 0 Å². The second kappa shape index (κ2) is 7.22. The van der Waals surface area contributed by atoms with Gasteiger partial charge in [-0.25, -0.2) is 4.79 Å². The van der Waals surface area contributed by atoms with Crippen LogP contribution in [0.25, 0.3) is 0 Å². The van der Waals surface area contributed by atoms with E-state index in [9.17, 15) is 9.59 Å². The molecule has 5 nitrogen and oxygen atoms in total. The van der Waals surface area contributed by atoms with Gasteiger partial charge in [-0.05, 0) is 18.8 Å². The molecule has 0 spiro atoms. The zero-order valence-electron chi connectivity index (χ0n) is 10.2. The average molecular weight is 230 g/mol. The second-order valence-corrected chi connectivity index (χ2v) is 4.46. The summed E-state index contributed by atoms with van der Waals surface area (Å²) >= 11 is 0. The predicted octanol–water partition coefficient (Wildman–Crippen LogP) is 0.729. The Labute approximate surface area is 96.4 Å². The van der Waals surface area contributed by atoms with Gasteiger partial charge in [0.25, 0.3) is 0 Å². The van der Waals surface area contributed by atoms with Gasteiger partial charge in [0.2, 0.25) is 5.91 Å². The Bertz CT molecular complexity index is 241. The Kier molecular flexibility index (Phi) is 6.72. The van der Waals surface area contributed by atoms with Crippen molar-refractivity contribution < 1.29 is 14.7 Å². The first-order chi connectivity index (χ1) is 7.36. The summed E-state index contributed by atoms with van der Waals surface area (Å²) in [6.07, 6.45) is 1.32. The number of hydrogen-bond acceptors (Lipinski definition) is 3. The summed E-state index contributed by atoms with van der Waals surface area (Å²) in [4.78, 5) is 22.3. The minimum Gasteiger partial charge on any atom is -0.480 e. The molecule has 94 valence electrons. The summed E-state index contributed by atoms with van der Waals surface area (Å²) in [6, 6.07) is -1.01. The highest BCUT2D eigenvalue weighted by atomic mass is 16.4. The first-order valence-corrected chi connectivity index (χ1v) is 5.64. The van der Waals surface area contributed by atoms with Gasteiger partial charge in [0.15, 0.2) is 0 Å². The lowest BCUT2D eigenvalue weighted by Gasteiger charge is -2.17. The molecule has 0 aromatic carbocycles. The number of aliphatic carboxylic acids is 1. The molecule has 0 bridgehead atoms. The van der Waals surface area contributed by atoms with E-state index in [1.54, 1.807) is 0 Å². The highest BCUT2D eigenvalue weighted by Gasteiger charge is 2.21. The molecule has 0 radical (unpaired) electrons. The van der Waals surface area contributed by atoms with E-state index < -0.39 is 12.0 Å². The van der Waals surface area contributed by atoms with E-state index in [1.807, 2.05) is 20.8 Å². The molecule has 0 saturated carbocycles. The quantitative estimate of drug-likeness (QED) is 0.601. The van der Waals surface area contributed by atoms with Crippen LogP contribution in [0.4, 0.5) is 0 Å². The van der Waals surface area contributed by atoms with E-state index in [2.05, 4.69) is 5.32 Å². The molecule has 0 aromatic rings. The fraction of sp³-hybridized carbons (Fsp3) is 0.818. The molecule has 5 heteroatoms. The minimum absolute atomic E-state index is 0.179. The van der Waals surface area contributed by atoms with Crippen LogP contribution in [0.3, 0.4) is 0 Å². The lowest BCUT2D eigenvalue weighted by atomic mass is 10.0. The Balaban J connectivity index is 4.18. The third-order valence-electron chi connectivity index (χ3n) is 2.31. The van der Waals surface area contributed by atoms with E-state index in [-0.39, 0.29) is 24.3 Å². The number of amides is 1. The van der Waals surface area contributed by atoms with Crippen LogP contribution in [0, 0.1) is 5.92 Å².